The fourth-order valence-corrected chi connectivity index (χ4v) is 2.83. The summed E-state index contributed by atoms with van der Waals surface area (Å²) in [6.07, 6.45) is 6.45. The van der Waals surface area contributed by atoms with Crippen LogP contribution in [0, 0.1) is 5.41 Å². The number of carbonyl (C=O) groups excluding carboxylic acids is 1. The minimum atomic E-state index is 0.147. The van der Waals surface area contributed by atoms with Gasteiger partial charge in [0.1, 0.15) is 0 Å². The van der Waals surface area contributed by atoms with Crippen molar-refractivity contribution < 1.29 is 9.53 Å². The minimum Gasteiger partial charge on any atom is -0.378 e. The van der Waals surface area contributed by atoms with E-state index in [9.17, 15) is 4.79 Å². The molecule has 2 aliphatic rings. The summed E-state index contributed by atoms with van der Waals surface area (Å²) in [5.74, 6) is 0.147. The molecular formula is C14H26N2O2. The summed E-state index contributed by atoms with van der Waals surface area (Å²) in [4.78, 5) is 11.9. The number of amides is 1. The maximum absolute atomic E-state index is 11.9. The zero-order valence-electron chi connectivity index (χ0n) is 11.5. The van der Waals surface area contributed by atoms with Gasteiger partial charge in [0.2, 0.25) is 5.91 Å². The van der Waals surface area contributed by atoms with Crippen molar-refractivity contribution in [2.45, 2.75) is 51.6 Å². The van der Waals surface area contributed by atoms with Crippen LogP contribution < -0.4 is 10.6 Å². The van der Waals surface area contributed by atoms with Crippen LogP contribution in [-0.4, -0.2) is 38.3 Å². The van der Waals surface area contributed by atoms with Gasteiger partial charge in [0, 0.05) is 19.7 Å². The highest BCUT2D eigenvalue weighted by atomic mass is 16.5. The summed E-state index contributed by atoms with van der Waals surface area (Å²) in [6.45, 7) is 5.97. The Labute approximate surface area is 110 Å². The van der Waals surface area contributed by atoms with Crippen molar-refractivity contribution in [2.75, 3.05) is 26.2 Å². The van der Waals surface area contributed by atoms with E-state index >= 15 is 0 Å². The molecule has 1 amide bonds. The Morgan fingerprint density at radius 3 is 3.00 bits per heavy atom. The van der Waals surface area contributed by atoms with Gasteiger partial charge in [-0.05, 0) is 44.1 Å². The summed E-state index contributed by atoms with van der Waals surface area (Å²) >= 11 is 0. The zero-order chi connectivity index (χ0) is 12.8. The Balaban J connectivity index is 1.67. The number of hydrogen-bond acceptors (Lipinski definition) is 3. The van der Waals surface area contributed by atoms with Gasteiger partial charge in [-0.2, -0.15) is 0 Å². The molecule has 0 spiro atoms. The van der Waals surface area contributed by atoms with Crippen LogP contribution in [0.25, 0.3) is 0 Å². The van der Waals surface area contributed by atoms with Crippen LogP contribution in [0.3, 0.4) is 0 Å². The average Bonchev–Trinajstić information content (AvgIpc) is 2.39. The van der Waals surface area contributed by atoms with Crippen molar-refractivity contribution in [3.63, 3.8) is 0 Å². The van der Waals surface area contributed by atoms with Gasteiger partial charge in [0.15, 0.2) is 0 Å². The second-order valence-electron chi connectivity index (χ2n) is 6.06. The predicted octanol–water partition coefficient (Wildman–Crippen LogP) is 1.45. The molecule has 0 aromatic heterocycles. The maximum atomic E-state index is 11.9. The van der Waals surface area contributed by atoms with E-state index in [0.717, 1.165) is 39.1 Å². The first-order valence-electron chi connectivity index (χ1n) is 7.27. The first kappa shape index (κ1) is 13.8. The smallest absolute Gasteiger partial charge is 0.222 e. The zero-order valence-corrected chi connectivity index (χ0v) is 11.5. The molecule has 2 saturated heterocycles. The van der Waals surface area contributed by atoms with E-state index in [1.165, 1.54) is 19.3 Å². The Morgan fingerprint density at radius 1 is 1.44 bits per heavy atom. The molecular weight excluding hydrogens is 228 g/mol. The van der Waals surface area contributed by atoms with Gasteiger partial charge < -0.3 is 15.4 Å². The molecule has 4 nitrogen and oxygen atoms in total. The lowest BCUT2D eigenvalue weighted by Gasteiger charge is -2.34. The second kappa shape index (κ2) is 6.53. The van der Waals surface area contributed by atoms with Crippen LogP contribution in [0.5, 0.6) is 0 Å². The second-order valence-corrected chi connectivity index (χ2v) is 6.06. The van der Waals surface area contributed by atoms with E-state index in [2.05, 4.69) is 17.6 Å². The van der Waals surface area contributed by atoms with Crippen molar-refractivity contribution in [1.29, 1.82) is 0 Å². The summed E-state index contributed by atoms with van der Waals surface area (Å²) in [5.41, 5.74) is 0.224. The molecule has 2 fully saturated rings. The molecule has 2 N–H and O–H groups in total. The summed E-state index contributed by atoms with van der Waals surface area (Å²) in [6, 6.07) is 0. The highest BCUT2D eigenvalue weighted by Gasteiger charge is 2.27. The standard InChI is InChI=1S/C14H26N2O2/c1-14(6-4-7-15-10-14)11-16-13(17)9-12-5-2-3-8-18-12/h12,15H,2-11H2,1H3,(H,16,17). The Bertz CT molecular complexity index is 269. The molecule has 2 unspecified atom stereocenters. The van der Waals surface area contributed by atoms with Crippen LogP contribution in [0.4, 0.5) is 0 Å². The third-order valence-electron chi connectivity index (χ3n) is 4.09. The molecule has 0 radical (unpaired) electrons. The molecule has 104 valence electrons. The van der Waals surface area contributed by atoms with Crippen LogP contribution in [0.2, 0.25) is 0 Å². The minimum absolute atomic E-state index is 0.147. The Hall–Kier alpha value is -0.610. The van der Waals surface area contributed by atoms with E-state index in [-0.39, 0.29) is 17.4 Å². The van der Waals surface area contributed by atoms with Gasteiger partial charge in [-0.25, -0.2) is 0 Å². The first-order chi connectivity index (χ1) is 8.68. The maximum Gasteiger partial charge on any atom is 0.222 e. The molecule has 0 aliphatic carbocycles. The monoisotopic (exact) mass is 254 g/mol. The van der Waals surface area contributed by atoms with Gasteiger partial charge >= 0.3 is 0 Å². The first-order valence-corrected chi connectivity index (χ1v) is 7.27. The SMILES string of the molecule is CC1(CNC(=O)CC2CCCCO2)CCCNC1. The third-order valence-corrected chi connectivity index (χ3v) is 4.09. The molecule has 0 saturated carbocycles. The van der Waals surface area contributed by atoms with Crippen molar-refractivity contribution >= 4 is 5.91 Å². The predicted molar refractivity (Wildman–Crippen MR) is 71.4 cm³/mol. The van der Waals surface area contributed by atoms with Crippen molar-refractivity contribution in [2.24, 2.45) is 5.41 Å². The van der Waals surface area contributed by atoms with Gasteiger partial charge in [0.25, 0.3) is 0 Å². The fourth-order valence-electron chi connectivity index (χ4n) is 2.83. The number of piperidine rings is 1. The molecule has 2 aliphatic heterocycles. The molecule has 0 aromatic carbocycles. The quantitative estimate of drug-likeness (QED) is 0.798. The van der Waals surface area contributed by atoms with Gasteiger partial charge in [-0.3, -0.25) is 4.79 Å². The van der Waals surface area contributed by atoms with Crippen molar-refractivity contribution in [3.05, 3.63) is 0 Å². The van der Waals surface area contributed by atoms with Gasteiger partial charge in [-0.1, -0.05) is 6.92 Å². The van der Waals surface area contributed by atoms with Crippen LogP contribution in [-0.2, 0) is 9.53 Å². The molecule has 0 bridgehead atoms. The van der Waals surface area contributed by atoms with Crippen LogP contribution in [0.1, 0.15) is 45.4 Å². The molecule has 2 heterocycles. The van der Waals surface area contributed by atoms with E-state index in [1.54, 1.807) is 0 Å². The molecule has 2 rings (SSSR count). The fraction of sp³-hybridized carbons (Fsp3) is 0.929. The number of rotatable bonds is 4. The van der Waals surface area contributed by atoms with Gasteiger partial charge in [-0.15, -0.1) is 0 Å². The number of carbonyl (C=O) groups is 1. The molecule has 0 aromatic rings. The number of nitrogens with one attached hydrogen (secondary N) is 2. The lowest BCUT2D eigenvalue weighted by Crippen LogP contribution is -2.46. The van der Waals surface area contributed by atoms with E-state index in [0.29, 0.717) is 6.42 Å². The Kier molecular flexibility index (Phi) is 5.01. The van der Waals surface area contributed by atoms with E-state index in [1.807, 2.05) is 0 Å². The lowest BCUT2D eigenvalue weighted by atomic mass is 9.83. The summed E-state index contributed by atoms with van der Waals surface area (Å²) in [7, 11) is 0. The highest BCUT2D eigenvalue weighted by molar-refractivity contribution is 5.76. The van der Waals surface area contributed by atoms with Crippen LogP contribution >= 0.6 is 0 Å². The number of ether oxygens (including phenoxy) is 1. The third kappa shape index (κ3) is 4.25. The topological polar surface area (TPSA) is 50.4 Å². The van der Waals surface area contributed by atoms with Crippen LogP contribution in [0.15, 0.2) is 0 Å². The average molecular weight is 254 g/mol. The summed E-state index contributed by atoms with van der Waals surface area (Å²) in [5, 5.41) is 6.49. The van der Waals surface area contributed by atoms with Gasteiger partial charge in [0.05, 0.1) is 12.5 Å². The number of hydrogen-bond donors (Lipinski definition) is 2. The lowest BCUT2D eigenvalue weighted by molar-refractivity contribution is -0.125. The molecule has 4 heteroatoms. The normalized spacial score (nSPS) is 33.1. The summed E-state index contributed by atoms with van der Waals surface area (Å²) < 4.78 is 5.59. The molecule has 18 heavy (non-hydrogen) atoms. The van der Waals surface area contributed by atoms with Crippen molar-refractivity contribution in [3.8, 4) is 0 Å². The molecule has 2 atom stereocenters. The van der Waals surface area contributed by atoms with E-state index < -0.39 is 0 Å². The Morgan fingerprint density at radius 2 is 2.33 bits per heavy atom. The largest absolute Gasteiger partial charge is 0.378 e. The van der Waals surface area contributed by atoms with E-state index in [4.69, 9.17) is 4.74 Å². The van der Waals surface area contributed by atoms with Crippen molar-refractivity contribution in [1.82, 2.24) is 10.6 Å². The highest BCUT2D eigenvalue weighted by Crippen LogP contribution is 2.24.